The number of hydrogen-bond acceptors (Lipinski definition) is 5. The number of nitrogens with zero attached hydrogens (tertiary/aromatic N) is 2. The van der Waals surface area contributed by atoms with Crippen LogP contribution in [0.1, 0.15) is 0 Å². The molecule has 0 saturated heterocycles. The molecule has 0 atom stereocenters. The molecule has 0 bridgehead atoms. The Balaban J connectivity index is 2.50. The van der Waals surface area contributed by atoms with E-state index in [0.29, 0.717) is 0 Å². The van der Waals surface area contributed by atoms with E-state index in [-0.39, 0.29) is 15.9 Å². The fraction of sp³-hybridized carbons (Fsp3) is 0. The van der Waals surface area contributed by atoms with Crippen molar-refractivity contribution in [2.75, 3.05) is 4.72 Å². The molecule has 2 rings (SSSR count). The van der Waals surface area contributed by atoms with Crippen LogP contribution in [0, 0.1) is 10.1 Å². The molecule has 0 aliphatic heterocycles. The number of halogens is 2. The molecular formula is C11H7Cl2N3O4S. The summed E-state index contributed by atoms with van der Waals surface area (Å²) in [5, 5.41) is 10.9. The molecule has 0 aliphatic rings. The highest BCUT2D eigenvalue weighted by Crippen LogP contribution is 2.29. The second-order valence-electron chi connectivity index (χ2n) is 3.82. The van der Waals surface area contributed by atoms with Crippen LogP contribution in [0.3, 0.4) is 0 Å². The van der Waals surface area contributed by atoms with E-state index in [0.717, 1.165) is 12.1 Å². The maximum Gasteiger partial charge on any atom is 0.291 e. The number of pyridine rings is 1. The lowest BCUT2D eigenvalue weighted by Crippen LogP contribution is -2.15. The first-order valence-corrected chi connectivity index (χ1v) is 7.62. The molecule has 1 N–H and O–H groups in total. The van der Waals surface area contributed by atoms with Crippen LogP contribution < -0.4 is 4.72 Å². The minimum atomic E-state index is -4.20. The number of nitro groups is 1. The molecule has 110 valence electrons. The highest BCUT2D eigenvalue weighted by atomic mass is 35.5. The van der Waals surface area contributed by atoms with E-state index in [1.165, 1.54) is 24.4 Å². The summed E-state index contributed by atoms with van der Waals surface area (Å²) in [6, 6.07) is 6.11. The first-order valence-electron chi connectivity index (χ1n) is 5.38. The van der Waals surface area contributed by atoms with Crippen molar-refractivity contribution in [3.05, 3.63) is 56.8 Å². The Labute approximate surface area is 129 Å². The summed E-state index contributed by atoms with van der Waals surface area (Å²) in [6.45, 7) is 0. The summed E-state index contributed by atoms with van der Waals surface area (Å²) >= 11 is 11.4. The van der Waals surface area contributed by atoms with Crippen LogP contribution in [0.25, 0.3) is 0 Å². The number of rotatable bonds is 4. The Morgan fingerprint density at radius 3 is 2.57 bits per heavy atom. The van der Waals surface area contributed by atoms with Crippen molar-refractivity contribution in [3.63, 3.8) is 0 Å². The molecule has 0 aliphatic carbocycles. The molecule has 0 spiro atoms. The quantitative estimate of drug-likeness (QED) is 0.520. The number of sulfonamides is 1. The smallest absolute Gasteiger partial charge is 0.276 e. The van der Waals surface area contributed by atoms with E-state index in [2.05, 4.69) is 9.71 Å². The molecule has 2 aromatic rings. The van der Waals surface area contributed by atoms with Gasteiger partial charge in [-0.05, 0) is 24.3 Å². The molecule has 0 unspecified atom stereocenters. The Morgan fingerprint density at radius 1 is 1.24 bits per heavy atom. The van der Waals surface area contributed by atoms with Gasteiger partial charge in [-0.1, -0.05) is 23.2 Å². The molecule has 7 nitrogen and oxygen atoms in total. The fourth-order valence-electron chi connectivity index (χ4n) is 1.52. The summed E-state index contributed by atoms with van der Waals surface area (Å²) in [5.74, 6) is 0. The van der Waals surface area contributed by atoms with Gasteiger partial charge >= 0.3 is 0 Å². The van der Waals surface area contributed by atoms with Crippen molar-refractivity contribution in [1.29, 1.82) is 0 Å². The zero-order valence-electron chi connectivity index (χ0n) is 10.2. The van der Waals surface area contributed by atoms with Crippen LogP contribution in [-0.2, 0) is 10.0 Å². The minimum absolute atomic E-state index is 0.0171. The van der Waals surface area contributed by atoms with Crippen molar-refractivity contribution in [1.82, 2.24) is 4.98 Å². The molecule has 21 heavy (non-hydrogen) atoms. The van der Waals surface area contributed by atoms with Gasteiger partial charge in [0.2, 0.25) is 0 Å². The Kier molecular flexibility index (Phi) is 4.31. The molecule has 1 aromatic carbocycles. The van der Waals surface area contributed by atoms with Crippen LogP contribution in [-0.4, -0.2) is 18.3 Å². The number of hydrogen-bond donors (Lipinski definition) is 1. The lowest BCUT2D eigenvalue weighted by molar-refractivity contribution is -0.387. The lowest BCUT2D eigenvalue weighted by Gasteiger charge is -2.09. The molecule has 1 aromatic heterocycles. The van der Waals surface area contributed by atoms with Crippen LogP contribution in [0.5, 0.6) is 0 Å². The van der Waals surface area contributed by atoms with Gasteiger partial charge in [-0.3, -0.25) is 14.8 Å². The zero-order chi connectivity index (χ0) is 15.6. The van der Waals surface area contributed by atoms with Crippen molar-refractivity contribution in [2.24, 2.45) is 0 Å². The summed E-state index contributed by atoms with van der Waals surface area (Å²) in [5.41, 5.74) is -0.613. The van der Waals surface area contributed by atoms with Gasteiger partial charge in [0.1, 0.15) is 0 Å². The van der Waals surface area contributed by atoms with Crippen LogP contribution >= 0.6 is 23.2 Å². The first kappa shape index (κ1) is 15.5. The SMILES string of the molecule is O=[N+]([O-])c1cc(Cl)ccc1S(=O)(=O)Nc1cccnc1Cl. The highest BCUT2D eigenvalue weighted by molar-refractivity contribution is 7.92. The molecule has 0 fully saturated rings. The van der Waals surface area contributed by atoms with E-state index in [4.69, 9.17) is 23.2 Å². The van der Waals surface area contributed by atoms with Gasteiger partial charge in [0.25, 0.3) is 15.7 Å². The maximum atomic E-state index is 12.2. The van der Waals surface area contributed by atoms with Crippen LogP contribution in [0.4, 0.5) is 11.4 Å². The number of nitro benzene ring substituents is 1. The molecule has 1 heterocycles. The van der Waals surface area contributed by atoms with E-state index in [1.807, 2.05) is 0 Å². The summed E-state index contributed by atoms with van der Waals surface area (Å²) in [4.78, 5) is 13.3. The second kappa shape index (κ2) is 5.84. The van der Waals surface area contributed by atoms with Gasteiger partial charge in [0.05, 0.1) is 10.6 Å². The number of nitrogens with one attached hydrogen (secondary N) is 1. The Hall–Kier alpha value is -1.90. The molecule has 0 amide bonds. The maximum absolute atomic E-state index is 12.2. The third kappa shape index (κ3) is 3.41. The monoisotopic (exact) mass is 347 g/mol. The third-order valence-corrected chi connectivity index (χ3v) is 4.36. The van der Waals surface area contributed by atoms with Crippen molar-refractivity contribution in [2.45, 2.75) is 4.90 Å². The molecule has 10 heteroatoms. The van der Waals surface area contributed by atoms with Crippen molar-refractivity contribution < 1.29 is 13.3 Å². The van der Waals surface area contributed by atoms with E-state index in [9.17, 15) is 18.5 Å². The predicted octanol–water partition coefficient (Wildman–Crippen LogP) is 3.10. The Morgan fingerprint density at radius 2 is 1.95 bits per heavy atom. The van der Waals surface area contributed by atoms with E-state index >= 15 is 0 Å². The minimum Gasteiger partial charge on any atom is -0.276 e. The second-order valence-corrected chi connectivity index (χ2v) is 6.26. The van der Waals surface area contributed by atoms with Crippen molar-refractivity contribution >= 4 is 44.6 Å². The Bertz CT molecular complexity index is 811. The van der Waals surface area contributed by atoms with Gasteiger partial charge in [-0.2, -0.15) is 0 Å². The van der Waals surface area contributed by atoms with Gasteiger partial charge in [-0.15, -0.1) is 0 Å². The number of benzene rings is 1. The van der Waals surface area contributed by atoms with Crippen molar-refractivity contribution in [3.8, 4) is 0 Å². The normalized spacial score (nSPS) is 11.1. The summed E-state index contributed by atoms with van der Waals surface area (Å²) < 4.78 is 26.6. The van der Waals surface area contributed by atoms with Gasteiger partial charge in [-0.25, -0.2) is 13.4 Å². The molecule has 0 saturated carbocycles. The first-order chi connectivity index (χ1) is 9.81. The van der Waals surface area contributed by atoms with Gasteiger partial charge < -0.3 is 0 Å². The van der Waals surface area contributed by atoms with E-state index < -0.39 is 25.5 Å². The molecular weight excluding hydrogens is 341 g/mol. The average Bonchev–Trinajstić information content (AvgIpc) is 2.40. The third-order valence-electron chi connectivity index (χ3n) is 2.41. The molecule has 0 radical (unpaired) electrons. The predicted molar refractivity (Wildman–Crippen MR) is 78.2 cm³/mol. The standard InChI is InChI=1S/C11H7Cl2N3O4S/c12-7-3-4-10(9(6-7)16(17)18)21(19,20)15-8-2-1-5-14-11(8)13/h1-6,15H. The number of aromatic nitrogens is 1. The van der Waals surface area contributed by atoms with E-state index in [1.54, 1.807) is 0 Å². The zero-order valence-corrected chi connectivity index (χ0v) is 12.5. The van der Waals surface area contributed by atoms with Gasteiger partial charge in [0.15, 0.2) is 10.0 Å². The average molecular weight is 348 g/mol. The lowest BCUT2D eigenvalue weighted by atomic mass is 10.3. The largest absolute Gasteiger partial charge is 0.291 e. The van der Waals surface area contributed by atoms with Gasteiger partial charge in [0, 0.05) is 17.3 Å². The topological polar surface area (TPSA) is 102 Å². The van der Waals surface area contributed by atoms with Crippen LogP contribution in [0.2, 0.25) is 10.2 Å². The fourth-order valence-corrected chi connectivity index (χ4v) is 3.13. The highest BCUT2D eigenvalue weighted by Gasteiger charge is 2.26. The number of anilines is 1. The summed E-state index contributed by atoms with van der Waals surface area (Å²) in [7, 11) is -4.20. The summed E-state index contributed by atoms with van der Waals surface area (Å²) in [6.07, 6.45) is 1.38. The van der Waals surface area contributed by atoms with Crippen LogP contribution in [0.15, 0.2) is 41.4 Å².